The van der Waals surface area contributed by atoms with Crippen LogP contribution in [0.5, 0.6) is 0 Å². The Kier molecular flexibility index (Phi) is 14.1. The number of ether oxygens (including phenoxy) is 1. The number of guanidine groups is 1. The van der Waals surface area contributed by atoms with Crippen LogP contribution in [0.1, 0.15) is 39.5 Å². The zero-order valence-corrected chi connectivity index (χ0v) is 22.6. The average molecular weight is 567 g/mol. The first kappa shape index (κ1) is 28.9. The molecule has 2 N–H and O–H groups in total. The van der Waals surface area contributed by atoms with E-state index in [-0.39, 0.29) is 54.3 Å². The van der Waals surface area contributed by atoms with Crippen molar-refractivity contribution < 1.29 is 14.3 Å². The van der Waals surface area contributed by atoms with Gasteiger partial charge in [-0.25, -0.2) is 4.99 Å². The van der Waals surface area contributed by atoms with Gasteiger partial charge in [-0.1, -0.05) is 13.8 Å². The molecule has 2 saturated heterocycles. The van der Waals surface area contributed by atoms with Crippen LogP contribution in [0.3, 0.4) is 0 Å². The molecular formula is C22H43IN6O3. The Morgan fingerprint density at radius 2 is 1.72 bits per heavy atom. The highest BCUT2D eigenvalue weighted by Crippen LogP contribution is 2.17. The molecule has 0 aromatic carbocycles. The van der Waals surface area contributed by atoms with Crippen molar-refractivity contribution in [2.24, 2.45) is 10.9 Å². The third-order valence-electron chi connectivity index (χ3n) is 6.18. The lowest BCUT2D eigenvalue weighted by Gasteiger charge is -2.35. The predicted octanol–water partition coefficient (Wildman–Crippen LogP) is 0.987. The summed E-state index contributed by atoms with van der Waals surface area (Å²) in [6.07, 6.45) is 3.57. The summed E-state index contributed by atoms with van der Waals surface area (Å²) in [6.45, 7) is 11.0. The van der Waals surface area contributed by atoms with E-state index in [1.165, 1.54) is 0 Å². The van der Waals surface area contributed by atoms with Gasteiger partial charge in [-0.3, -0.25) is 14.5 Å². The Morgan fingerprint density at radius 1 is 1.09 bits per heavy atom. The van der Waals surface area contributed by atoms with Crippen LogP contribution in [-0.2, 0) is 14.3 Å². The molecule has 2 aliphatic rings. The van der Waals surface area contributed by atoms with Crippen LogP contribution in [0.25, 0.3) is 0 Å². The van der Waals surface area contributed by atoms with Crippen LogP contribution in [0, 0.1) is 5.92 Å². The number of halogens is 1. The maximum Gasteiger partial charge on any atom is 0.243 e. The molecule has 32 heavy (non-hydrogen) atoms. The van der Waals surface area contributed by atoms with Crippen molar-refractivity contribution in [3.8, 4) is 0 Å². The quantitative estimate of drug-likeness (QED) is 0.246. The van der Waals surface area contributed by atoms with Gasteiger partial charge < -0.3 is 25.2 Å². The smallest absolute Gasteiger partial charge is 0.243 e. The lowest BCUT2D eigenvalue weighted by molar-refractivity contribution is -0.136. The second kappa shape index (κ2) is 15.7. The fraction of sp³-hybridized carbons (Fsp3) is 0.864. The van der Waals surface area contributed by atoms with Gasteiger partial charge in [-0.05, 0) is 25.7 Å². The van der Waals surface area contributed by atoms with Gasteiger partial charge in [-0.15, -0.1) is 24.0 Å². The van der Waals surface area contributed by atoms with Crippen molar-refractivity contribution in [3.63, 3.8) is 0 Å². The van der Waals surface area contributed by atoms with Crippen molar-refractivity contribution in [3.05, 3.63) is 0 Å². The minimum atomic E-state index is -0.0279. The van der Waals surface area contributed by atoms with Crippen LogP contribution in [-0.4, -0.2) is 112 Å². The number of nitrogens with zero attached hydrogens (tertiary/aromatic N) is 4. The van der Waals surface area contributed by atoms with E-state index in [0.717, 1.165) is 78.2 Å². The largest absolute Gasteiger partial charge is 0.379 e. The zero-order chi connectivity index (χ0) is 22.6. The van der Waals surface area contributed by atoms with Gasteiger partial charge in [0.25, 0.3) is 0 Å². The van der Waals surface area contributed by atoms with Gasteiger partial charge in [-0.2, -0.15) is 0 Å². The molecule has 0 bridgehead atoms. The lowest BCUT2D eigenvalue weighted by Crippen LogP contribution is -2.51. The monoisotopic (exact) mass is 566 g/mol. The van der Waals surface area contributed by atoms with Crippen molar-refractivity contribution in [2.75, 3.05) is 73.1 Å². The van der Waals surface area contributed by atoms with Crippen LogP contribution in [0.4, 0.5) is 0 Å². The molecular weight excluding hydrogens is 523 g/mol. The number of amides is 2. The Balaban J connectivity index is 0.00000512. The molecule has 2 amide bonds. The van der Waals surface area contributed by atoms with E-state index in [2.05, 4.69) is 34.4 Å². The fourth-order valence-electron chi connectivity index (χ4n) is 3.93. The summed E-state index contributed by atoms with van der Waals surface area (Å²) in [5.41, 5.74) is 0. The van der Waals surface area contributed by atoms with Gasteiger partial charge in [0.1, 0.15) is 6.54 Å². The standard InChI is InChI=1S/C22H42N6O3.HI/c1-5-18(6-2)21(30)28-10-7-19(8-11-28)25-22(24-17-20(29)26(3)4)23-9-12-27-13-15-31-16-14-27;/h18-19H,5-17H2,1-4H3,(H2,23,24,25);1H. The molecule has 0 aromatic heterocycles. The minimum absolute atomic E-state index is 0. The van der Waals surface area contributed by atoms with E-state index < -0.39 is 0 Å². The van der Waals surface area contributed by atoms with Gasteiger partial charge in [0.05, 0.1) is 13.2 Å². The highest BCUT2D eigenvalue weighted by molar-refractivity contribution is 14.0. The number of carbonyl (C=O) groups is 2. The number of hydrogen-bond donors (Lipinski definition) is 2. The predicted molar refractivity (Wildman–Crippen MR) is 138 cm³/mol. The lowest BCUT2D eigenvalue weighted by atomic mass is 9.98. The summed E-state index contributed by atoms with van der Waals surface area (Å²) >= 11 is 0. The summed E-state index contributed by atoms with van der Waals surface area (Å²) < 4.78 is 5.40. The molecule has 2 aliphatic heterocycles. The Labute approximate surface area is 210 Å². The summed E-state index contributed by atoms with van der Waals surface area (Å²) in [6, 6.07) is 0.245. The first-order valence-electron chi connectivity index (χ1n) is 11.8. The number of aliphatic imine (C=N–C) groups is 1. The Hall–Kier alpha value is -1.14. The van der Waals surface area contributed by atoms with Gasteiger partial charge in [0.15, 0.2) is 5.96 Å². The SMILES string of the molecule is CCC(CC)C(=O)N1CCC(NC(=NCC(=O)N(C)C)NCCN2CCOCC2)CC1.I. The number of likely N-dealkylation sites (N-methyl/N-ethyl adjacent to an activating group) is 1. The van der Waals surface area contributed by atoms with E-state index >= 15 is 0 Å². The van der Waals surface area contributed by atoms with Crippen LogP contribution in [0.15, 0.2) is 4.99 Å². The van der Waals surface area contributed by atoms with E-state index in [9.17, 15) is 9.59 Å². The van der Waals surface area contributed by atoms with Crippen LogP contribution >= 0.6 is 24.0 Å². The van der Waals surface area contributed by atoms with E-state index in [1.54, 1.807) is 19.0 Å². The fourth-order valence-corrected chi connectivity index (χ4v) is 3.93. The van der Waals surface area contributed by atoms with Crippen molar-refractivity contribution in [1.82, 2.24) is 25.3 Å². The Morgan fingerprint density at radius 3 is 2.28 bits per heavy atom. The molecule has 2 rings (SSSR count). The normalized spacial score (nSPS) is 18.3. The molecule has 9 nitrogen and oxygen atoms in total. The molecule has 2 heterocycles. The number of rotatable bonds is 9. The molecule has 0 spiro atoms. The van der Waals surface area contributed by atoms with E-state index in [4.69, 9.17) is 4.74 Å². The van der Waals surface area contributed by atoms with Crippen LogP contribution < -0.4 is 10.6 Å². The highest BCUT2D eigenvalue weighted by Gasteiger charge is 2.27. The molecule has 10 heteroatoms. The van der Waals surface area contributed by atoms with E-state index in [1.807, 2.05) is 4.90 Å². The second-order valence-corrected chi connectivity index (χ2v) is 8.59. The highest BCUT2D eigenvalue weighted by atomic mass is 127. The average Bonchev–Trinajstić information content (AvgIpc) is 2.79. The number of morpholine rings is 1. The molecule has 186 valence electrons. The van der Waals surface area contributed by atoms with Gasteiger partial charge >= 0.3 is 0 Å². The molecule has 2 fully saturated rings. The molecule has 0 atom stereocenters. The number of hydrogen-bond acceptors (Lipinski definition) is 5. The summed E-state index contributed by atoms with van der Waals surface area (Å²) in [4.78, 5) is 35.1. The van der Waals surface area contributed by atoms with Crippen LogP contribution in [0.2, 0.25) is 0 Å². The first-order chi connectivity index (χ1) is 14.9. The van der Waals surface area contributed by atoms with Crippen molar-refractivity contribution >= 4 is 41.8 Å². The Bertz CT molecular complexity index is 586. The summed E-state index contributed by atoms with van der Waals surface area (Å²) in [5, 5.41) is 6.88. The van der Waals surface area contributed by atoms with Crippen molar-refractivity contribution in [2.45, 2.75) is 45.6 Å². The number of nitrogens with one attached hydrogen (secondary N) is 2. The molecule has 0 aliphatic carbocycles. The first-order valence-corrected chi connectivity index (χ1v) is 11.8. The zero-order valence-electron chi connectivity index (χ0n) is 20.3. The number of likely N-dealkylation sites (tertiary alicyclic amines) is 1. The third kappa shape index (κ3) is 9.78. The molecule has 0 saturated carbocycles. The molecule has 0 radical (unpaired) electrons. The maximum atomic E-state index is 12.6. The number of piperidine rings is 1. The molecule has 0 unspecified atom stereocenters. The van der Waals surface area contributed by atoms with E-state index in [0.29, 0.717) is 5.96 Å². The maximum absolute atomic E-state index is 12.6. The minimum Gasteiger partial charge on any atom is -0.379 e. The molecule has 0 aromatic rings. The topological polar surface area (TPSA) is 89.5 Å². The third-order valence-corrected chi connectivity index (χ3v) is 6.18. The summed E-state index contributed by atoms with van der Waals surface area (Å²) in [7, 11) is 3.48. The number of carbonyl (C=O) groups excluding carboxylic acids is 2. The van der Waals surface area contributed by atoms with Gasteiger partial charge in [0.2, 0.25) is 11.8 Å². The van der Waals surface area contributed by atoms with Gasteiger partial charge in [0, 0.05) is 65.3 Å². The summed E-state index contributed by atoms with van der Waals surface area (Å²) in [5.74, 6) is 1.08. The second-order valence-electron chi connectivity index (χ2n) is 8.59. The van der Waals surface area contributed by atoms with Crippen molar-refractivity contribution in [1.29, 1.82) is 0 Å².